The summed E-state index contributed by atoms with van der Waals surface area (Å²) in [5.41, 5.74) is 3.01. The van der Waals surface area contributed by atoms with Crippen molar-refractivity contribution in [3.8, 4) is 0 Å². The van der Waals surface area contributed by atoms with Gasteiger partial charge in [0, 0.05) is 30.8 Å². The van der Waals surface area contributed by atoms with Gasteiger partial charge in [0.25, 0.3) is 0 Å². The summed E-state index contributed by atoms with van der Waals surface area (Å²) in [4.78, 5) is 9.09. The molecule has 0 bridgehead atoms. The maximum Gasteiger partial charge on any atom is 0.189 e. The Balaban J connectivity index is 1.96. The summed E-state index contributed by atoms with van der Waals surface area (Å²) >= 11 is 1.53. The van der Waals surface area contributed by atoms with Crippen LogP contribution >= 0.6 is 11.8 Å². The molecule has 2 heterocycles. The van der Waals surface area contributed by atoms with Crippen LogP contribution in [0.15, 0.2) is 29.4 Å². The van der Waals surface area contributed by atoms with Crippen molar-refractivity contribution >= 4 is 23.3 Å². The van der Waals surface area contributed by atoms with Gasteiger partial charge in [-0.3, -0.25) is 0 Å². The number of hydrogen-bond donors (Lipinski definition) is 2. The zero-order valence-electron chi connectivity index (χ0n) is 11.1. The van der Waals surface area contributed by atoms with Gasteiger partial charge in [-0.05, 0) is 30.5 Å². The minimum Gasteiger partial charge on any atom is -0.340 e. The zero-order valence-corrected chi connectivity index (χ0v) is 11.9. The van der Waals surface area contributed by atoms with Gasteiger partial charge in [0.05, 0.1) is 5.69 Å². The van der Waals surface area contributed by atoms with Crippen molar-refractivity contribution in [2.45, 2.75) is 18.1 Å². The summed E-state index contributed by atoms with van der Waals surface area (Å²) in [5, 5.41) is 7.35. The highest BCUT2D eigenvalue weighted by Crippen LogP contribution is 2.26. The molecule has 0 saturated heterocycles. The van der Waals surface area contributed by atoms with E-state index < -0.39 is 0 Å². The molecule has 0 spiro atoms. The fraction of sp³-hybridized carbons (Fsp3) is 0.286. The molecule has 0 fully saturated rings. The third-order valence-corrected chi connectivity index (χ3v) is 3.75. The van der Waals surface area contributed by atoms with E-state index in [1.807, 2.05) is 6.26 Å². The van der Waals surface area contributed by atoms with Crippen LogP contribution < -0.4 is 10.6 Å². The Morgan fingerprint density at radius 1 is 1.25 bits per heavy atom. The van der Waals surface area contributed by atoms with Crippen LogP contribution in [-0.2, 0) is 13.0 Å². The average Bonchev–Trinajstić information content (AvgIpc) is 2.49. The van der Waals surface area contributed by atoms with E-state index in [4.69, 9.17) is 0 Å². The van der Waals surface area contributed by atoms with Crippen LogP contribution in [0.3, 0.4) is 0 Å². The van der Waals surface area contributed by atoms with Crippen molar-refractivity contribution in [3.63, 3.8) is 0 Å². The molecule has 0 unspecified atom stereocenters. The largest absolute Gasteiger partial charge is 0.340 e. The average molecular weight is 290 g/mol. The summed E-state index contributed by atoms with van der Waals surface area (Å²) in [6.45, 7) is 1.70. The number of benzene rings is 1. The van der Waals surface area contributed by atoms with Crippen LogP contribution in [0, 0.1) is 5.82 Å². The lowest BCUT2D eigenvalue weighted by Gasteiger charge is -2.20. The highest BCUT2D eigenvalue weighted by molar-refractivity contribution is 7.98. The fourth-order valence-corrected chi connectivity index (χ4v) is 2.57. The molecule has 3 rings (SSSR count). The molecule has 4 nitrogen and oxygen atoms in total. The number of rotatable bonds is 3. The minimum atomic E-state index is -0.244. The van der Waals surface area contributed by atoms with Crippen molar-refractivity contribution in [2.75, 3.05) is 18.1 Å². The summed E-state index contributed by atoms with van der Waals surface area (Å²) in [6.07, 6.45) is 2.87. The van der Waals surface area contributed by atoms with E-state index in [1.165, 1.54) is 23.9 Å². The molecule has 1 aromatic carbocycles. The maximum absolute atomic E-state index is 13.0. The molecular formula is C14H15FN4S. The van der Waals surface area contributed by atoms with E-state index in [9.17, 15) is 4.39 Å². The number of fused-ring (bicyclic) bond motifs is 1. The molecule has 6 heteroatoms. The van der Waals surface area contributed by atoms with E-state index in [0.717, 1.165) is 47.4 Å². The number of nitrogens with zero attached hydrogens (tertiary/aromatic N) is 2. The van der Waals surface area contributed by atoms with Crippen LogP contribution in [0.5, 0.6) is 0 Å². The fourth-order valence-electron chi connectivity index (χ4n) is 2.19. The topological polar surface area (TPSA) is 49.8 Å². The van der Waals surface area contributed by atoms with Gasteiger partial charge in [-0.25, -0.2) is 14.4 Å². The Hall–Kier alpha value is -1.66. The van der Waals surface area contributed by atoms with Gasteiger partial charge in [-0.1, -0.05) is 11.8 Å². The number of anilines is 2. The highest BCUT2D eigenvalue weighted by atomic mass is 32.2. The Kier molecular flexibility index (Phi) is 3.84. The van der Waals surface area contributed by atoms with Crippen molar-refractivity contribution < 1.29 is 4.39 Å². The van der Waals surface area contributed by atoms with Crippen LogP contribution in [0.1, 0.15) is 11.3 Å². The number of thioether (sulfide) groups is 1. The molecule has 20 heavy (non-hydrogen) atoms. The molecule has 104 valence electrons. The molecule has 0 atom stereocenters. The predicted molar refractivity (Wildman–Crippen MR) is 78.9 cm³/mol. The Labute approximate surface area is 121 Å². The lowest BCUT2D eigenvalue weighted by atomic mass is 10.1. The van der Waals surface area contributed by atoms with E-state index in [2.05, 4.69) is 20.6 Å². The third kappa shape index (κ3) is 2.76. The first kappa shape index (κ1) is 13.3. The quantitative estimate of drug-likeness (QED) is 0.672. The Bertz CT molecular complexity index is 615. The molecule has 1 aliphatic heterocycles. The number of halogens is 1. The van der Waals surface area contributed by atoms with Gasteiger partial charge in [0.1, 0.15) is 11.6 Å². The molecule has 1 aliphatic rings. The molecule has 1 aromatic heterocycles. The van der Waals surface area contributed by atoms with Crippen molar-refractivity contribution in [2.24, 2.45) is 0 Å². The van der Waals surface area contributed by atoms with Gasteiger partial charge in [0.2, 0.25) is 0 Å². The van der Waals surface area contributed by atoms with Gasteiger partial charge in [0.15, 0.2) is 5.16 Å². The second-order valence-corrected chi connectivity index (χ2v) is 5.32. The van der Waals surface area contributed by atoms with E-state index in [0.29, 0.717) is 0 Å². The summed E-state index contributed by atoms with van der Waals surface area (Å²) < 4.78 is 13.0. The number of nitrogens with one attached hydrogen (secondary N) is 2. The second-order valence-electron chi connectivity index (χ2n) is 4.54. The summed E-state index contributed by atoms with van der Waals surface area (Å²) in [5.74, 6) is 0.560. The molecule has 0 saturated carbocycles. The summed E-state index contributed by atoms with van der Waals surface area (Å²) in [6, 6.07) is 6.28. The first-order valence-corrected chi connectivity index (χ1v) is 7.66. The molecule has 0 aliphatic carbocycles. The van der Waals surface area contributed by atoms with Gasteiger partial charge >= 0.3 is 0 Å². The molecule has 2 aromatic rings. The lowest BCUT2D eigenvalue weighted by molar-refractivity contribution is 0.619. The Morgan fingerprint density at radius 2 is 2.05 bits per heavy atom. The summed E-state index contributed by atoms with van der Waals surface area (Å²) in [7, 11) is 0. The smallest absolute Gasteiger partial charge is 0.189 e. The number of hydrogen-bond acceptors (Lipinski definition) is 5. The standard InChI is InChI=1S/C14H15FN4S/c1-20-14-18-12-6-7-16-8-11(12)13(19-14)17-10-4-2-9(15)3-5-10/h2-5,16H,6-8H2,1H3,(H,17,18,19). The first-order valence-electron chi connectivity index (χ1n) is 6.43. The highest BCUT2D eigenvalue weighted by Gasteiger charge is 2.17. The molecule has 0 amide bonds. The SMILES string of the molecule is CSc1nc2c(c(Nc3ccc(F)cc3)n1)CNCC2. The van der Waals surface area contributed by atoms with Crippen molar-refractivity contribution in [3.05, 3.63) is 41.3 Å². The van der Waals surface area contributed by atoms with Crippen LogP contribution in [0.2, 0.25) is 0 Å². The second kappa shape index (κ2) is 5.76. The molecular weight excluding hydrogens is 275 g/mol. The lowest BCUT2D eigenvalue weighted by Crippen LogP contribution is -2.26. The zero-order chi connectivity index (χ0) is 13.9. The van der Waals surface area contributed by atoms with Crippen LogP contribution in [0.25, 0.3) is 0 Å². The van der Waals surface area contributed by atoms with Gasteiger partial charge < -0.3 is 10.6 Å². The van der Waals surface area contributed by atoms with E-state index in [1.54, 1.807) is 12.1 Å². The normalized spacial score (nSPS) is 13.9. The number of aromatic nitrogens is 2. The van der Waals surface area contributed by atoms with E-state index >= 15 is 0 Å². The van der Waals surface area contributed by atoms with Crippen LogP contribution in [0.4, 0.5) is 15.9 Å². The van der Waals surface area contributed by atoms with E-state index in [-0.39, 0.29) is 5.82 Å². The molecule has 2 N–H and O–H groups in total. The Morgan fingerprint density at radius 3 is 2.80 bits per heavy atom. The van der Waals surface area contributed by atoms with Gasteiger partial charge in [-0.15, -0.1) is 0 Å². The third-order valence-electron chi connectivity index (χ3n) is 3.20. The first-order chi connectivity index (χ1) is 9.76. The van der Waals surface area contributed by atoms with Gasteiger partial charge in [-0.2, -0.15) is 0 Å². The predicted octanol–water partition coefficient (Wildman–Crippen LogP) is 2.73. The minimum absolute atomic E-state index is 0.244. The van der Waals surface area contributed by atoms with Crippen LogP contribution in [-0.4, -0.2) is 22.8 Å². The van der Waals surface area contributed by atoms with Crippen molar-refractivity contribution in [1.29, 1.82) is 0 Å². The molecule has 0 radical (unpaired) electrons. The van der Waals surface area contributed by atoms with Crippen molar-refractivity contribution in [1.82, 2.24) is 15.3 Å². The maximum atomic E-state index is 13.0. The monoisotopic (exact) mass is 290 g/mol.